The van der Waals surface area contributed by atoms with Crippen LogP contribution >= 0.6 is 0 Å². The van der Waals surface area contributed by atoms with Gasteiger partial charge in [-0.3, -0.25) is 9.98 Å². The minimum atomic E-state index is -0.323. The normalized spacial score (nSPS) is 19.7. The highest BCUT2D eigenvalue weighted by molar-refractivity contribution is 6.09. The summed E-state index contributed by atoms with van der Waals surface area (Å²) in [6.45, 7) is 2.23. The van der Waals surface area contributed by atoms with Crippen LogP contribution in [-0.2, 0) is 5.54 Å². The lowest BCUT2D eigenvalue weighted by molar-refractivity contribution is 0.469. The second kappa shape index (κ2) is 7.70. The Bertz CT molecular complexity index is 2160. The van der Waals surface area contributed by atoms with Crippen molar-refractivity contribution in [2.24, 2.45) is 4.99 Å². The number of hydrogen-bond acceptors (Lipinski definition) is 4. The lowest BCUT2D eigenvalue weighted by atomic mass is 9.87. The van der Waals surface area contributed by atoms with Crippen LogP contribution in [0.2, 0.25) is 0 Å². The van der Waals surface area contributed by atoms with Crippen LogP contribution in [-0.4, -0.2) is 21.8 Å². The zero-order valence-electron chi connectivity index (χ0n) is 21.8. The topological polar surface area (TPSA) is 46.6 Å². The molecule has 0 saturated heterocycles. The lowest BCUT2D eigenvalue weighted by Gasteiger charge is -2.33. The van der Waals surface area contributed by atoms with Gasteiger partial charge in [-0.2, -0.15) is 0 Å². The molecule has 7 aromatic rings. The molecule has 0 radical (unpaired) electrons. The fourth-order valence-corrected chi connectivity index (χ4v) is 6.85. The molecule has 0 aliphatic carbocycles. The molecule has 5 nitrogen and oxygen atoms in total. The van der Waals surface area contributed by atoms with Crippen molar-refractivity contribution in [3.8, 4) is 5.69 Å². The highest BCUT2D eigenvalue weighted by Gasteiger charge is 2.47. The van der Waals surface area contributed by atoms with Gasteiger partial charge in [0.25, 0.3) is 0 Å². The maximum Gasteiger partial charge on any atom is 0.135 e. The number of dihydropyridines is 1. The summed E-state index contributed by atoms with van der Waals surface area (Å²) in [6, 6.07) is 34.3. The summed E-state index contributed by atoms with van der Waals surface area (Å²) in [5.41, 5.74) is 9.34. The molecule has 190 valence electrons. The second-order valence-electron chi connectivity index (χ2n) is 10.8. The fourth-order valence-electron chi connectivity index (χ4n) is 6.85. The Morgan fingerprint density at radius 3 is 2.40 bits per heavy atom. The van der Waals surface area contributed by atoms with Crippen molar-refractivity contribution in [3.63, 3.8) is 0 Å². The van der Waals surface area contributed by atoms with Crippen LogP contribution in [0.4, 0.5) is 11.4 Å². The molecule has 2 aliphatic heterocycles. The maximum atomic E-state index is 6.34. The first kappa shape index (κ1) is 21.7. The highest BCUT2D eigenvalue weighted by Crippen LogP contribution is 2.51. The molecule has 5 heteroatoms. The predicted octanol–water partition coefficient (Wildman–Crippen LogP) is 8.45. The molecule has 0 fully saturated rings. The first-order valence-corrected chi connectivity index (χ1v) is 13.6. The molecule has 2 unspecified atom stereocenters. The summed E-state index contributed by atoms with van der Waals surface area (Å²) in [5.74, 6) is 0. The average Bonchev–Trinajstić information content (AvgIpc) is 3.62. The van der Waals surface area contributed by atoms with Gasteiger partial charge in [0.2, 0.25) is 0 Å². The zero-order chi connectivity index (χ0) is 26.4. The van der Waals surface area contributed by atoms with Crippen LogP contribution < -0.4 is 4.90 Å². The molecule has 0 spiro atoms. The van der Waals surface area contributed by atoms with Gasteiger partial charge in [0.15, 0.2) is 0 Å². The number of benzene rings is 4. The highest BCUT2D eigenvalue weighted by atomic mass is 16.3. The number of pyridine rings is 1. The van der Waals surface area contributed by atoms with Crippen molar-refractivity contribution in [1.29, 1.82) is 0 Å². The smallest absolute Gasteiger partial charge is 0.135 e. The number of furan rings is 1. The molecule has 9 rings (SSSR count). The van der Waals surface area contributed by atoms with E-state index < -0.39 is 0 Å². The van der Waals surface area contributed by atoms with Crippen molar-refractivity contribution in [1.82, 2.24) is 9.55 Å². The quantitative estimate of drug-likeness (QED) is 0.232. The SMILES string of the molecule is CC12N=CC=CC1N(c1ccc3oc4ccc(-n5c6ccccc6c6ncccc65)cc4c3c1)c1ccccc12. The van der Waals surface area contributed by atoms with Crippen molar-refractivity contribution in [3.05, 3.63) is 121 Å². The average molecular weight is 517 g/mol. The van der Waals surface area contributed by atoms with E-state index in [0.717, 1.165) is 55.2 Å². The number of nitrogens with zero attached hydrogens (tertiary/aromatic N) is 4. The Hall–Kier alpha value is -5.16. The molecule has 40 heavy (non-hydrogen) atoms. The van der Waals surface area contributed by atoms with Gasteiger partial charge in [0, 0.05) is 51.2 Å². The van der Waals surface area contributed by atoms with Crippen LogP contribution in [0.3, 0.4) is 0 Å². The monoisotopic (exact) mass is 516 g/mol. The number of hydrogen-bond donors (Lipinski definition) is 0. The van der Waals surface area contributed by atoms with E-state index in [9.17, 15) is 0 Å². The van der Waals surface area contributed by atoms with Gasteiger partial charge in [-0.05, 0) is 73.7 Å². The van der Waals surface area contributed by atoms with Gasteiger partial charge < -0.3 is 13.9 Å². The standard InChI is InChI=1S/C35H24N4O/c1-35-27-9-3-5-11-29(27)39(33(35)13-7-19-37-35)23-15-17-32-26(21-23)25-20-22(14-16-31(25)40-32)38-28-10-4-2-8-24(28)34-30(38)12-6-18-36-34/h2-21,33H,1H3. The Morgan fingerprint density at radius 2 is 1.50 bits per heavy atom. The summed E-state index contributed by atoms with van der Waals surface area (Å²) >= 11 is 0. The Balaban J connectivity index is 1.26. The minimum absolute atomic E-state index is 0.103. The first-order valence-electron chi connectivity index (χ1n) is 13.6. The first-order chi connectivity index (χ1) is 19.7. The Labute approximate surface area is 230 Å². The molecule has 2 atom stereocenters. The van der Waals surface area contributed by atoms with Gasteiger partial charge in [0.1, 0.15) is 16.7 Å². The summed E-state index contributed by atoms with van der Waals surface area (Å²) in [7, 11) is 0. The maximum absolute atomic E-state index is 6.34. The third-order valence-electron chi connectivity index (χ3n) is 8.69. The molecular formula is C35H24N4O. The molecule has 0 N–H and O–H groups in total. The van der Waals surface area contributed by atoms with E-state index >= 15 is 0 Å². The van der Waals surface area contributed by atoms with Crippen LogP contribution in [0.1, 0.15) is 12.5 Å². The third kappa shape index (κ3) is 2.76. The molecule has 0 amide bonds. The number of anilines is 2. The van der Waals surface area contributed by atoms with Crippen LogP contribution in [0.15, 0.2) is 125 Å². The van der Waals surface area contributed by atoms with Crippen molar-refractivity contribution in [2.75, 3.05) is 4.90 Å². The summed E-state index contributed by atoms with van der Waals surface area (Å²) in [6.07, 6.45) is 8.11. The summed E-state index contributed by atoms with van der Waals surface area (Å²) in [4.78, 5) is 12.1. The molecule has 2 aliphatic rings. The summed E-state index contributed by atoms with van der Waals surface area (Å²) in [5, 5.41) is 3.34. The Kier molecular flexibility index (Phi) is 4.19. The van der Waals surface area contributed by atoms with E-state index in [2.05, 4.69) is 120 Å². The number of para-hydroxylation sites is 2. The molecule has 0 saturated carbocycles. The van der Waals surface area contributed by atoms with Crippen molar-refractivity contribution < 1.29 is 4.42 Å². The van der Waals surface area contributed by atoms with Gasteiger partial charge >= 0.3 is 0 Å². The predicted molar refractivity (Wildman–Crippen MR) is 163 cm³/mol. The molecule has 5 heterocycles. The molecular weight excluding hydrogens is 492 g/mol. The number of fused-ring (bicyclic) bond motifs is 9. The van der Waals surface area contributed by atoms with Gasteiger partial charge in [-0.25, -0.2) is 0 Å². The van der Waals surface area contributed by atoms with Crippen LogP contribution in [0, 0.1) is 0 Å². The van der Waals surface area contributed by atoms with E-state index in [4.69, 9.17) is 14.4 Å². The third-order valence-corrected chi connectivity index (χ3v) is 8.69. The van der Waals surface area contributed by atoms with Gasteiger partial charge in [-0.15, -0.1) is 0 Å². The van der Waals surface area contributed by atoms with Crippen LogP contribution in [0.5, 0.6) is 0 Å². The molecule has 3 aromatic heterocycles. The zero-order valence-corrected chi connectivity index (χ0v) is 21.8. The van der Waals surface area contributed by atoms with Crippen molar-refractivity contribution >= 4 is 61.5 Å². The number of rotatable bonds is 2. The molecule has 4 aromatic carbocycles. The number of aliphatic imine (C=N–C) groups is 1. The van der Waals surface area contributed by atoms with E-state index in [1.807, 2.05) is 18.5 Å². The van der Waals surface area contributed by atoms with E-state index in [1.54, 1.807) is 0 Å². The van der Waals surface area contributed by atoms with E-state index in [0.29, 0.717) is 0 Å². The van der Waals surface area contributed by atoms with E-state index in [1.165, 1.54) is 11.3 Å². The van der Waals surface area contributed by atoms with Gasteiger partial charge in [-0.1, -0.05) is 42.5 Å². The Morgan fingerprint density at radius 1 is 0.750 bits per heavy atom. The fraction of sp³-hybridized carbons (Fsp3) is 0.0857. The second-order valence-corrected chi connectivity index (χ2v) is 10.8. The van der Waals surface area contributed by atoms with Gasteiger partial charge in [0.05, 0.1) is 22.6 Å². The summed E-state index contributed by atoms with van der Waals surface area (Å²) < 4.78 is 8.63. The largest absolute Gasteiger partial charge is 0.456 e. The lowest BCUT2D eigenvalue weighted by Crippen LogP contribution is -2.39. The minimum Gasteiger partial charge on any atom is -0.456 e. The number of allylic oxidation sites excluding steroid dienone is 1. The van der Waals surface area contributed by atoms with Crippen LogP contribution in [0.25, 0.3) is 49.6 Å². The van der Waals surface area contributed by atoms with E-state index in [-0.39, 0.29) is 11.6 Å². The number of aromatic nitrogens is 2. The molecule has 0 bridgehead atoms. The van der Waals surface area contributed by atoms with Crippen molar-refractivity contribution in [2.45, 2.75) is 18.5 Å².